The van der Waals surface area contributed by atoms with Gasteiger partial charge in [0.15, 0.2) is 0 Å². The summed E-state index contributed by atoms with van der Waals surface area (Å²) in [5, 5.41) is 10.5. The summed E-state index contributed by atoms with van der Waals surface area (Å²) in [6, 6.07) is 18.4. The van der Waals surface area contributed by atoms with E-state index in [4.69, 9.17) is 55.9 Å². The van der Waals surface area contributed by atoms with E-state index in [9.17, 15) is 19.2 Å². The van der Waals surface area contributed by atoms with Crippen molar-refractivity contribution in [2.75, 3.05) is 17.2 Å². The predicted molar refractivity (Wildman–Crippen MR) is 278 cm³/mol. The largest absolute Gasteiger partial charge is 0.459 e. The second kappa shape index (κ2) is 19.1. The lowest BCUT2D eigenvalue weighted by atomic mass is 9.55. The van der Waals surface area contributed by atoms with Crippen LogP contribution < -0.4 is 16.0 Å². The zero-order valence-electron chi connectivity index (χ0n) is 41.7. The van der Waals surface area contributed by atoms with Gasteiger partial charge in [0.2, 0.25) is 11.8 Å². The minimum absolute atomic E-state index is 0.0435. The van der Waals surface area contributed by atoms with Gasteiger partial charge in [0.25, 0.3) is 0 Å². The number of likely N-dealkylation sites (N-methyl/N-ethyl adjacent to an activating group) is 1. The molecule has 0 bridgehead atoms. The van der Waals surface area contributed by atoms with Crippen molar-refractivity contribution < 1.29 is 37.4 Å². The first kappa shape index (κ1) is 52.6. The number of carbonyl (C=O) groups excluding carboxylic acids is 4. The SMILES string of the molecule is CC(C)(C)OC(=O)[C@@H]1NC2(CCCCC2)[C@@]2(C(=O)Nc3cc(Cl)ccc32)[C@H]1c1cccc(Cl)c1F.CCN1[C@@H](C(=O)OC(C)(C)C)[C@H](c2cccc(Cl)c2F)[C@]2(C(=O)Nc3cc(Cl)ccc32)C12CCCCC2. The average molecular weight is 1070 g/mol. The van der Waals surface area contributed by atoms with Crippen LogP contribution in [-0.4, -0.2) is 69.6 Å². The molecule has 16 heteroatoms. The van der Waals surface area contributed by atoms with Crippen LogP contribution in [0.2, 0.25) is 20.1 Å². The molecule has 4 spiro atoms. The van der Waals surface area contributed by atoms with Crippen molar-refractivity contribution >= 4 is 81.5 Å². The minimum atomic E-state index is -1.25. The number of esters is 2. The summed E-state index contributed by atoms with van der Waals surface area (Å²) in [5.74, 6) is -4.45. The highest BCUT2D eigenvalue weighted by Gasteiger charge is 2.76. The van der Waals surface area contributed by atoms with Crippen LogP contribution in [0.25, 0.3) is 0 Å². The number of carbonyl (C=O) groups is 4. The fourth-order valence-corrected chi connectivity index (χ4v) is 14.7. The van der Waals surface area contributed by atoms with Gasteiger partial charge in [0.05, 0.1) is 10.0 Å². The standard InChI is InChI=1S/C29H33Cl2FN2O3.C27H29Cl2FN2O3/c1-5-34-24(25(35)37-27(2,3)4)22(18-10-9-11-20(31)23(18)32)29(28(34)14-7-6-8-15-28)19-13-12-17(30)16-21(19)33-26(29)36;1-25(2,3)35-23(33)22-20(16-8-7-9-18(29)21(16)30)27(26(32-22)12-5-4-6-13-26)17-11-10-15(28)14-19(17)31-24(27)34/h9-13,16,22,24H,5-8,14-15H2,1-4H3,(H,33,36);7-11,14,20,22,32H,4-6,12-13H2,1-3H3,(H,31,34)/t22-,24+,29+;20-,22+,27+/m00/s1. The summed E-state index contributed by atoms with van der Waals surface area (Å²) in [6.07, 6.45) is 8.39. The lowest BCUT2D eigenvalue weighted by Crippen LogP contribution is -2.61. The number of halogens is 6. The van der Waals surface area contributed by atoms with Crippen LogP contribution in [0.1, 0.15) is 147 Å². The molecule has 4 aromatic rings. The van der Waals surface area contributed by atoms with Crippen LogP contribution in [-0.2, 0) is 39.5 Å². The molecule has 10 rings (SSSR count). The first-order valence-electron chi connectivity index (χ1n) is 25.1. The molecule has 4 aromatic carbocycles. The molecule has 2 amide bonds. The average Bonchev–Trinajstić information content (AvgIpc) is 3.95. The Hall–Kier alpha value is -4.30. The van der Waals surface area contributed by atoms with Gasteiger partial charge >= 0.3 is 11.9 Å². The molecular formula is C56H62Cl4F2N4O6. The Morgan fingerprint density at radius 1 is 0.639 bits per heavy atom. The van der Waals surface area contributed by atoms with Gasteiger partial charge in [-0.1, -0.05) is 128 Å². The molecule has 10 nitrogen and oxygen atoms in total. The van der Waals surface area contributed by atoms with Gasteiger partial charge in [0, 0.05) is 44.3 Å². The van der Waals surface area contributed by atoms with Gasteiger partial charge in [-0.25, -0.2) is 8.78 Å². The molecule has 384 valence electrons. The van der Waals surface area contributed by atoms with Gasteiger partial charge < -0.3 is 20.1 Å². The number of ether oxygens (including phenoxy) is 2. The number of hydrogen-bond donors (Lipinski definition) is 3. The van der Waals surface area contributed by atoms with Crippen LogP contribution in [0.5, 0.6) is 0 Å². The summed E-state index contributed by atoms with van der Waals surface area (Å²) in [7, 11) is 0. The Balaban J connectivity index is 0.000000178. The van der Waals surface area contributed by atoms with Gasteiger partial charge in [-0.05, 0) is 132 Å². The van der Waals surface area contributed by atoms with E-state index < -0.39 is 80.6 Å². The van der Waals surface area contributed by atoms with Crippen molar-refractivity contribution in [3.8, 4) is 0 Å². The summed E-state index contributed by atoms with van der Waals surface area (Å²) >= 11 is 25.1. The Kier molecular flexibility index (Phi) is 14.0. The van der Waals surface area contributed by atoms with E-state index in [1.54, 1.807) is 69.3 Å². The molecule has 6 atom stereocenters. The predicted octanol–water partition coefficient (Wildman–Crippen LogP) is 13.0. The maximum Gasteiger partial charge on any atom is 0.324 e. The van der Waals surface area contributed by atoms with Crippen LogP contribution in [0.4, 0.5) is 20.2 Å². The number of likely N-dealkylation sites (tertiary alicyclic amines) is 1. The van der Waals surface area contributed by atoms with E-state index in [0.717, 1.165) is 49.7 Å². The monoisotopic (exact) mass is 1060 g/mol. The number of nitrogens with zero attached hydrogens (tertiary/aromatic N) is 1. The Morgan fingerprint density at radius 3 is 1.60 bits per heavy atom. The lowest BCUT2D eigenvalue weighted by Gasteiger charge is -2.50. The number of nitrogens with one attached hydrogen (secondary N) is 3. The van der Waals surface area contributed by atoms with Crippen molar-refractivity contribution in [1.82, 2.24) is 10.2 Å². The van der Waals surface area contributed by atoms with Crippen molar-refractivity contribution in [3.63, 3.8) is 0 Å². The van der Waals surface area contributed by atoms with Gasteiger partial charge in [0.1, 0.15) is 45.8 Å². The third kappa shape index (κ3) is 8.24. The molecule has 2 saturated heterocycles. The molecule has 0 aromatic heterocycles. The first-order valence-corrected chi connectivity index (χ1v) is 26.6. The number of anilines is 2. The van der Waals surface area contributed by atoms with E-state index >= 15 is 8.78 Å². The Morgan fingerprint density at radius 2 is 1.10 bits per heavy atom. The molecular weight excluding hydrogens is 1000 g/mol. The highest BCUT2D eigenvalue weighted by Crippen LogP contribution is 2.67. The molecule has 4 heterocycles. The zero-order valence-corrected chi connectivity index (χ0v) is 44.7. The first-order chi connectivity index (χ1) is 34.0. The molecule has 0 radical (unpaired) electrons. The van der Waals surface area contributed by atoms with E-state index in [1.165, 1.54) is 12.1 Å². The smallest absolute Gasteiger partial charge is 0.324 e. The van der Waals surface area contributed by atoms with Crippen molar-refractivity contribution in [3.05, 3.63) is 127 Å². The Bertz CT molecular complexity index is 2840. The van der Waals surface area contributed by atoms with E-state index in [2.05, 4.69) is 20.9 Å². The second-order valence-electron chi connectivity index (χ2n) is 22.3. The second-order valence-corrected chi connectivity index (χ2v) is 24.0. The van der Waals surface area contributed by atoms with Gasteiger partial charge in [-0.3, -0.25) is 29.4 Å². The third-order valence-electron chi connectivity index (χ3n) is 16.1. The highest BCUT2D eigenvalue weighted by atomic mass is 35.5. The molecule has 72 heavy (non-hydrogen) atoms. The molecule has 3 N–H and O–H groups in total. The number of hydrogen-bond acceptors (Lipinski definition) is 8. The minimum Gasteiger partial charge on any atom is -0.459 e. The molecule has 2 aliphatic carbocycles. The highest BCUT2D eigenvalue weighted by molar-refractivity contribution is 6.32. The van der Waals surface area contributed by atoms with Crippen molar-refractivity contribution in [1.29, 1.82) is 0 Å². The van der Waals surface area contributed by atoms with E-state index in [0.29, 0.717) is 53.6 Å². The number of fused-ring (bicyclic) bond motifs is 6. The summed E-state index contributed by atoms with van der Waals surface area (Å²) < 4.78 is 43.5. The van der Waals surface area contributed by atoms with E-state index in [-0.39, 0.29) is 33.0 Å². The Labute approximate surface area is 440 Å². The maximum atomic E-state index is 16.0. The fraction of sp³-hybridized carbons (Fsp3) is 0.500. The third-order valence-corrected chi connectivity index (χ3v) is 17.1. The van der Waals surface area contributed by atoms with Gasteiger partial charge in [-0.15, -0.1) is 0 Å². The molecule has 4 fully saturated rings. The molecule has 0 unspecified atom stereocenters. The van der Waals surface area contributed by atoms with Crippen LogP contribution in [0, 0.1) is 11.6 Å². The van der Waals surface area contributed by atoms with Crippen LogP contribution in [0.3, 0.4) is 0 Å². The van der Waals surface area contributed by atoms with Crippen LogP contribution in [0.15, 0.2) is 72.8 Å². The van der Waals surface area contributed by atoms with Crippen LogP contribution >= 0.6 is 46.4 Å². The normalized spacial score (nSPS) is 27.1. The lowest BCUT2D eigenvalue weighted by molar-refractivity contribution is -0.162. The van der Waals surface area contributed by atoms with E-state index in [1.807, 2.05) is 39.8 Å². The molecule has 2 saturated carbocycles. The van der Waals surface area contributed by atoms with Crippen molar-refractivity contribution in [2.45, 2.75) is 170 Å². The quantitative estimate of drug-likeness (QED) is 0.169. The zero-order chi connectivity index (χ0) is 51.9. The number of rotatable bonds is 5. The number of benzene rings is 4. The topological polar surface area (TPSA) is 126 Å². The molecule has 6 aliphatic rings. The maximum absolute atomic E-state index is 16.0. The fourth-order valence-electron chi connectivity index (χ4n) is 13.9. The van der Waals surface area contributed by atoms with Gasteiger partial charge in [-0.2, -0.15) is 0 Å². The number of amides is 2. The van der Waals surface area contributed by atoms with Crippen molar-refractivity contribution in [2.24, 2.45) is 0 Å². The summed E-state index contributed by atoms with van der Waals surface area (Å²) in [4.78, 5) is 58.5. The summed E-state index contributed by atoms with van der Waals surface area (Å²) in [6.45, 7) is 13.3. The summed E-state index contributed by atoms with van der Waals surface area (Å²) in [5.41, 5.74) is -2.35. The molecule has 4 aliphatic heterocycles.